The summed E-state index contributed by atoms with van der Waals surface area (Å²) in [6.07, 6.45) is 0. The van der Waals surface area contributed by atoms with Crippen molar-refractivity contribution in [2.24, 2.45) is 0 Å². The molecule has 0 spiro atoms. The molecule has 0 atom stereocenters. The molecule has 0 aromatic heterocycles. The molecule has 0 unspecified atom stereocenters. The van der Waals surface area contributed by atoms with Gasteiger partial charge in [0, 0.05) is 0 Å². The summed E-state index contributed by atoms with van der Waals surface area (Å²) in [4.78, 5) is 12.6. The number of rotatable bonds is 4. The first-order chi connectivity index (χ1) is 4.63. The van der Waals surface area contributed by atoms with E-state index >= 15 is 0 Å². The van der Waals surface area contributed by atoms with Gasteiger partial charge in [-0.1, -0.05) is 0 Å². The molecule has 0 aliphatic rings. The first-order valence-corrected chi connectivity index (χ1v) is 12.4. The van der Waals surface area contributed by atoms with Gasteiger partial charge in [0.25, 0.3) is 0 Å². The Morgan fingerprint density at radius 2 is 2.20 bits per heavy atom. The van der Waals surface area contributed by atoms with Gasteiger partial charge in [-0.2, -0.15) is 0 Å². The molecule has 62 valence electrons. The van der Waals surface area contributed by atoms with Crippen LogP contribution in [0.2, 0.25) is 0 Å². The SMILES string of the molecule is CC(=O)NCCNI(C)I. The molecule has 5 heteroatoms. The van der Waals surface area contributed by atoms with Crippen molar-refractivity contribution >= 4 is 40.6 Å². The van der Waals surface area contributed by atoms with Crippen LogP contribution in [0.3, 0.4) is 0 Å². The number of halogens is 2. The van der Waals surface area contributed by atoms with Gasteiger partial charge in [-0.3, -0.25) is 0 Å². The average molecular weight is 370 g/mol. The number of hydrogen-bond donors (Lipinski definition) is 2. The van der Waals surface area contributed by atoms with Gasteiger partial charge in [-0.25, -0.2) is 0 Å². The minimum atomic E-state index is -0.809. The van der Waals surface area contributed by atoms with E-state index in [0.29, 0.717) is 0 Å². The zero-order valence-corrected chi connectivity index (χ0v) is 10.4. The third-order valence-electron chi connectivity index (χ3n) is 0.778. The van der Waals surface area contributed by atoms with E-state index in [4.69, 9.17) is 0 Å². The topological polar surface area (TPSA) is 41.1 Å². The monoisotopic (exact) mass is 370 g/mol. The third-order valence-corrected chi connectivity index (χ3v) is 4.30. The molecule has 0 heterocycles. The second-order valence-corrected chi connectivity index (χ2v) is 13.0. The minimum absolute atomic E-state index is 0.0479. The van der Waals surface area contributed by atoms with Crippen molar-refractivity contribution in [1.29, 1.82) is 0 Å². The van der Waals surface area contributed by atoms with Crippen LogP contribution in [-0.4, -0.2) is 23.9 Å². The van der Waals surface area contributed by atoms with E-state index in [0.717, 1.165) is 13.1 Å². The normalized spacial score (nSPS) is 10.9. The summed E-state index contributed by atoms with van der Waals surface area (Å²) in [6, 6.07) is 0. The van der Waals surface area contributed by atoms with Crippen molar-refractivity contribution in [3.05, 3.63) is 0 Å². The molecule has 0 saturated carbocycles. The summed E-state index contributed by atoms with van der Waals surface area (Å²) in [7, 11) is 0. The van der Waals surface area contributed by atoms with Crippen LogP contribution in [0.5, 0.6) is 0 Å². The summed E-state index contributed by atoms with van der Waals surface area (Å²) in [5, 5.41) is 2.72. The Hall–Kier alpha value is 0.890. The second kappa shape index (κ2) is 6.59. The Balaban J connectivity index is 2.98. The predicted molar refractivity (Wildman–Crippen MR) is 60.7 cm³/mol. The Kier molecular flexibility index (Phi) is 7.18. The molecule has 1 amide bonds. The van der Waals surface area contributed by atoms with Crippen LogP contribution in [0.4, 0.5) is 0 Å². The predicted octanol–water partition coefficient (Wildman–Crippen LogP) is 1.11. The van der Waals surface area contributed by atoms with Gasteiger partial charge in [0.05, 0.1) is 0 Å². The first-order valence-electron chi connectivity index (χ1n) is 2.87. The summed E-state index contributed by atoms with van der Waals surface area (Å²) in [5.74, 6) is 0.0479. The maximum absolute atomic E-state index is 10.4. The molecule has 10 heavy (non-hydrogen) atoms. The van der Waals surface area contributed by atoms with Crippen molar-refractivity contribution in [3.63, 3.8) is 0 Å². The van der Waals surface area contributed by atoms with Gasteiger partial charge < -0.3 is 0 Å². The molecule has 0 rings (SSSR count). The molecule has 0 bridgehead atoms. The Labute approximate surface area is 78.6 Å². The molecule has 0 aliphatic carbocycles. The quantitative estimate of drug-likeness (QED) is 0.337. The van der Waals surface area contributed by atoms with Crippen LogP contribution < -0.4 is 8.85 Å². The fraction of sp³-hybridized carbons (Fsp3) is 0.800. The van der Waals surface area contributed by atoms with Crippen molar-refractivity contribution in [2.75, 3.05) is 18.0 Å². The molecule has 0 fully saturated rings. The summed E-state index contributed by atoms with van der Waals surface area (Å²) in [5.41, 5.74) is 0. The number of nitrogens with one attached hydrogen (secondary N) is 2. The Morgan fingerprint density at radius 1 is 1.60 bits per heavy atom. The van der Waals surface area contributed by atoms with Crippen molar-refractivity contribution in [3.8, 4) is 0 Å². The van der Waals surface area contributed by atoms with Gasteiger partial charge in [0.1, 0.15) is 0 Å². The van der Waals surface area contributed by atoms with E-state index in [1.54, 1.807) is 0 Å². The van der Waals surface area contributed by atoms with Crippen LogP contribution in [0.1, 0.15) is 6.92 Å². The zero-order chi connectivity index (χ0) is 7.98. The van der Waals surface area contributed by atoms with E-state index in [2.05, 4.69) is 32.4 Å². The molecule has 0 saturated heterocycles. The number of alkyl halides is 1. The first kappa shape index (κ1) is 10.9. The summed E-state index contributed by atoms with van der Waals surface area (Å²) < 4.78 is 3.33. The molecular formula is C5H12I2N2O. The standard InChI is InChI=1S/C5H12I2N2O/c1-5(10)8-3-4-9-7(2)6/h9H,3-4H2,1-2H3,(H,8,10). The van der Waals surface area contributed by atoms with Crippen molar-refractivity contribution < 1.29 is 4.79 Å². The fourth-order valence-electron chi connectivity index (χ4n) is 0.416. The van der Waals surface area contributed by atoms with Crippen LogP contribution >= 0.6 is 34.7 Å². The van der Waals surface area contributed by atoms with Crippen LogP contribution in [0.15, 0.2) is 0 Å². The van der Waals surface area contributed by atoms with Crippen molar-refractivity contribution in [2.45, 2.75) is 6.92 Å². The van der Waals surface area contributed by atoms with Gasteiger partial charge >= 0.3 is 79.2 Å². The van der Waals surface area contributed by atoms with Gasteiger partial charge in [-0.05, 0) is 0 Å². The van der Waals surface area contributed by atoms with Gasteiger partial charge in [-0.15, -0.1) is 0 Å². The van der Waals surface area contributed by atoms with Crippen LogP contribution in [-0.2, 0) is 4.79 Å². The van der Waals surface area contributed by atoms with E-state index in [1.165, 1.54) is 6.92 Å². The summed E-state index contributed by atoms with van der Waals surface area (Å²) >= 11 is 1.62. The zero-order valence-electron chi connectivity index (χ0n) is 6.08. The molecule has 0 radical (unpaired) electrons. The Bertz CT molecular complexity index is 108. The molecule has 3 nitrogen and oxygen atoms in total. The second-order valence-electron chi connectivity index (χ2n) is 1.77. The number of carbonyl (C=O) groups is 1. The molecule has 2 N–H and O–H groups in total. The number of carbonyl (C=O) groups excluding carboxylic acids is 1. The fourth-order valence-corrected chi connectivity index (χ4v) is 2.80. The van der Waals surface area contributed by atoms with E-state index in [1.807, 2.05) is 0 Å². The molecule has 0 aromatic rings. The van der Waals surface area contributed by atoms with Crippen LogP contribution in [0.25, 0.3) is 0 Å². The maximum atomic E-state index is 10.4. The van der Waals surface area contributed by atoms with Gasteiger partial charge in [0.2, 0.25) is 0 Å². The van der Waals surface area contributed by atoms with Crippen LogP contribution in [0, 0.1) is 0 Å². The van der Waals surface area contributed by atoms with E-state index in [9.17, 15) is 4.79 Å². The molecular weight excluding hydrogens is 358 g/mol. The van der Waals surface area contributed by atoms with Gasteiger partial charge in [0.15, 0.2) is 0 Å². The molecule has 0 aliphatic heterocycles. The number of amides is 1. The number of hydrogen-bond acceptors (Lipinski definition) is 2. The molecule has 0 aromatic carbocycles. The van der Waals surface area contributed by atoms with E-state index < -0.39 is 16.1 Å². The van der Waals surface area contributed by atoms with E-state index in [-0.39, 0.29) is 5.91 Å². The summed E-state index contributed by atoms with van der Waals surface area (Å²) in [6.45, 7) is 3.19. The Morgan fingerprint density at radius 3 is 2.60 bits per heavy atom. The van der Waals surface area contributed by atoms with Crippen molar-refractivity contribution in [1.82, 2.24) is 8.85 Å². The third kappa shape index (κ3) is 8.89. The average Bonchev–Trinajstić information content (AvgIpc) is 1.79.